The molecule has 0 unspecified atom stereocenters. The van der Waals surface area contributed by atoms with Crippen molar-refractivity contribution in [2.24, 2.45) is 7.05 Å². The number of hydrogen-bond donors (Lipinski definition) is 0. The maximum Gasteiger partial charge on any atom is 0.134 e. The first kappa shape index (κ1) is 11.1. The van der Waals surface area contributed by atoms with E-state index in [-0.39, 0.29) is 5.82 Å². The largest absolute Gasteiger partial charge is 0.488 e. The van der Waals surface area contributed by atoms with Gasteiger partial charge in [0, 0.05) is 18.8 Å². The van der Waals surface area contributed by atoms with Crippen LogP contribution in [0.1, 0.15) is 5.56 Å². The average molecular weight is 285 g/mol. The van der Waals surface area contributed by atoms with Crippen molar-refractivity contribution >= 4 is 15.9 Å². The summed E-state index contributed by atoms with van der Waals surface area (Å²) in [4.78, 5) is 0. The standard InChI is InChI=1S/C11H10BrFN2O/c1-15-6-8(5-14-15)7-16-11-3-2-9(13)4-10(11)12/h2-6H,7H2,1H3. The molecule has 3 nitrogen and oxygen atoms in total. The van der Waals surface area contributed by atoms with E-state index in [1.165, 1.54) is 12.1 Å². The summed E-state index contributed by atoms with van der Waals surface area (Å²) in [6, 6.07) is 4.33. The van der Waals surface area contributed by atoms with Crippen molar-refractivity contribution in [1.29, 1.82) is 0 Å². The van der Waals surface area contributed by atoms with E-state index in [1.807, 2.05) is 13.2 Å². The van der Waals surface area contributed by atoms with E-state index < -0.39 is 0 Å². The monoisotopic (exact) mass is 284 g/mol. The lowest BCUT2D eigenvalue weighted by atomic mass is 10.3. The highest BCUT2D eigenvalue weighted by molar-refractivity contribution is 9.10. The first-order chi connectivity index (χ1) is 7.65. The minimum Gasteiger partial charge on any atom is -0.488 e. The highest BCUT2D eigenvalue weighted by atomic mass is 79.9. The molecule has 0 bridgehead atoms. The smallest absolute Gasteiger partial charge is 0.134 e. The molecular formula is C11H10BrFN2O. The van der Waals surface area contributed by atoms with Crippen molar-refractivity contribution < 1.29 is 9.13 Å². The van der Waals surface area contributed by atoms with Gasteiger partial charge in [0.1, 0.15) is 18.2 Å². The number of aromatic nitrogens is 2. The summed E-state index contributed by atoms with van der Waals surface area (Å²) in [5, 5.41) is 4.03. The minimum atomic E-state index is -0.291. The molecule has 5 heteroatoms. The van der Waals surface area contributed by atoms with E-state index in [0.29, 0.717) is 16.8 Å². The maximum absolute atomic E-state index is 12.8. The van der Waals surface area contributed by atoms with Gasteiger partial charge in [0.2, 0.25) is 0 Å². The Bertz CT molecular complexity index is 498. The Labute approximate surface area is 101 Å². The Kier molecular flexibility index (Phi) is 3.24. The van der Waals surface area contributed by atoms with Gasteiger partial charge in [-0.25, -0.2) is 4.39 Å². The molecule has 2 rings (SSSR count). The van der Waals surface area contributed by atoms with E-state index >= 15 is 0 Å². The van der Waals surface area contributed by atoms with Gasteiger partial charge in [-0.15, -0.1) is 0 Å². The number of halogens is 2. The molecule has 0 saturated carbocycles. The van der Waals surface area contributed by atoms with E-state index in [4.69, 9.17) is 4.74 Å². The van der Waals surface area contributed by atoms with Gasteiger partial charge < -0.3 is 4.74 Å². The van der Waals surface area contributed by atoms with Crippen LogP contribution in [0.15, 0.2) is 35.1 Å². The molecule has 1 heterocycles. The first-order valence-corrected chi connectivity index (χ1v) is 5.50. The molecule has 84 valence electrons. The van der Waals surface area contributed by atoms with Gasteiger partial charge in [0.25, 0.3) is 0 Å². The van der Waals surface area contributed by atoms with E-state index in [0.717, 1.165) is 5.56 Å². The van der Waals surface area contributed by atoms with Crippen molar-refractivity contribution in [3.63, 3.8) is 0 Å². The third kappa shape index (κ3) is 2.61. The molecule has 0 aliphatic carbocycles. The number of benzene rings is 1. The molecule has 16 heavy (non-hydrogen) atoms. The number of hydrogen-bond acceptors (Lipinski definition) is 2. The fourth-order valence-corrected chi connectivity index (χ4v) is 1.77. The van der Waals surface area contributed by atoms with Crippen molar-refractivity contribution in [3.05, 3.63) is 46.4 Å². The molecule has 0 aliphatic rings. The fraction of sp³-hybridized carbons (Fsp3) is 0.182. The summed E-state index contributed by atoms with van der Waals surface area (Å²) < 4.78 is 20.7. The summed E-state index contributed by atoms with van der Waals surface area (Å²) in [5.41, 5.74) is 0.971. The lowest BCUT2D eigenvalue weighted by Crippen LogP contribution is -1.95. The lowest BCUT2D eigenvalue weighted by Gasteiger charge is -2.06. The summed E-state index contributed by atoms with van der Waals surface area (Å²) in [7, 11) is 1.84. The van der Waals surface area contributed by atoms with Crippen LogP contribution in [0.5, 0.6) is 5.75 Å². The van der Waals surface area contributed by atoms with E-state index in [9.17, 15) is 4.39 Å². The second-order valence-corrected chi connectivity index (χ2v) is 4.24. The number of nitrogens with zero attached hydrogens (tertiary/aromatic N) is 2. The van der Waals surface area contributed by atoms with Crippen molar-refractivity contribution in [2.75, 3.05) is 0 Å². The summed E-state index contributed by atoms with van der Waals surface area (Å²) in [5.74, 6) is 0.325. The number of ether oxygens (including phenoxy) is 1. The molecule has 0 radical (unpaired) electrons. The maximum atomic E-state index is 12.8. The Morgan fingerprint density at radius 3 is 2.94 bits per heavy atom. The topological polar surface area (TPSA) is 27.1 Å². The predicted octanol–water partition coefficient (Wildman–Crippen LogP) is 2.90. The van der Waals surface area contributed by atoms with Crippen LogP contribution in [0, 0.1) is 5.82 Å². The second kappa shape index (κ2) is 4.65. The summed E-state index contributed by atoms with van der Waals surface area (Å²) >= 11 is 3.24. The SMILES string of the molecule is Cn1cc(COc2ccc(F)cc2Br)cn1. The first-order valence-electron chi connectivity index (χ1n) is 4.70. The molecule has 0 spiro atoms. The molecule has 0 fully saturated rings. The zero-order chi connectivity index (χ0) is 11.5. The Balaban J connectivity index is 2.04. The van der Waals surface area contributed by atoms with Gasteiger partial charge in [-0.3, -0.25) is 4.68 Å². The Morgan fingerprint density at radius 1 is 1.50 bits per heavy atom. The van der Waals surface area contributed by atoms with Crippen molar-refractivity contribution in [2.45, 2.75) is 6.61 Å². The van der Waals surface area contributed by atoms with Crippen LogP contribution in [0.4, 0.5) is 4.39 Å². The van der Waals surface area contributed by atoms with Gasteiger partial charge in [-0.2, -0.15) is 5.10 Å². The van der Waals surface area contributed by atoms with Crippen LogP contribution < -0.4 is 4.74 Å². The molecule has 1 aromatic carbocycles. The Hall–Kier alpha value is -1.36. The Morgan fingerprint density at radius 2 is 2.31 bits per heavy atom. The van der Waals surface area contributed by atoms with Crippen LogP contribution in [0.25, 0.3) is 0 Å². The minimum absolute atomic E-state index is 0.291. The highest BCUT2D eigenvalue weighted by Gasteiger charge is 2.03. The van der Waals surface area contributed by atoms with Crippen LogP contribution in [-0.2, 0) is 13.7 Å². The van der Waals surface area contributed by atoms with E-state index in [1.54, 1.807) is 16.9 Å². The zero-order valence-electron chi connectivity index (χ0n) is 8.65. The van der Waals surface area contributed by atoms with Gasteiger partial charge in [0.15, 0.2) is 0 Å². The molecular weight excluding hydrogens is 275 g/mol. The van der Waals surface area contributed by atoms with Crippen molar-refractivity contribution in [1.82, 2.24) is 9.78 Å². The fourth-order valence-electron chi connectivity index (χ4n) is 1.30. The molecule has 0 saturated heterocycles. The average Bonchev–Trinajstić information content (AvgIpc) is 2.63. The van der Waals surface area contributed by atoms with Gasteiger partial charge in [0.05, 0.1) is 10.7 Å². The van der Waals surface area contributed by atoms with Gasteiger partial charge in [-0.1, -0.05) is 0 Å². The molecule has 2 aromatic rings. The summed E-state index contributed by atoms with van der Waals surface area (Å²) in [6.45, 7) is 0.415. The van der Waals surface area contributed by atoms with Crippen LogP contribution in [-0.4, -0.2) is 9.78 Å². The third-order valence-electron chi connectivity index (χ3n) is 2.05. The molecule has 0 amide bonds. The molecule has 1 aromatic heterocycles. The molecule has 0 atom stereocenters. The molecule has 0 N–H and O–H groups in total. The number of rotatable bonds is 3. The second-order valence-electron chi connectivity index (χ2n) is 3.39. The zero-order valence-corrected chi connectivity index (χ0v) is 10.2. The third-order valence-corrected chi connectivity index (χ3v) is 2.67. The van der Waals surface area contributed by atoms with E-state index in [2.05, 4.69) is 21.0 Å². The number of aryl methyl sites for hydroxylation is 1. The van der Waals surface area contributed by atoms with Crippen LogP contribution >= 0.6 is 15.9 Å². The lowest BCUT2D eigenvalue weighted by molar-refractivity contribution is 0.303. The summed E-state index contributed by atoms with van der Waals surface area (Å²) in [6.07, 6.45) is 3.61. The normalized spacial score (nSPS) is 10.4. The quantitative estimate of drug-likeness (QED) is 0.867. The predicted molar refractivity (Wildman–Crippen MR) is 61.6 cm³/mol. The molecule has 0 aliphatic heterocycles. The highest BCUT2D eigenvalue weighted by Crippen LogP contribution is 2.26. The van der Waals surface area contributed by atoms with Gasteiger partial charge >= 0.3 is 0 Å². The van der Waals surface area contributed by atoms with Gasteiger partial charge in [-0.05, 0) is 34.1 Å². The van der Waals surface area contributed by atoms with Crippen LogP contribution in [0.3, 0.4) is 0 Å². The van der Waals surface area contributed by atoms with Crippen LogP contribution in [0.2, 0.25) is 0 Å². The van der Waals surface area contributed by atoms with Crippen molar-refractivity contribution in [3.8, 4) is 5.75 Å².